The van der Waals surface area contributed by atoms with Crippen LogP contribution in [0.15, 0.2) is 24.4 Å². The normalized spacial score (nSPS) is 10.5. The maximum atomic E-state index is 12.0. The molecule has 0 fully saturated rings. The number of aryl methyl sites for hydroxylation is 1. The van der Waals surface area contributed by atoms with Crippen molar-refractivity contribution < 1.29 is 9.59 Å². The van der Waals surface area contributed by atoms with Crippen LogP contribution < -0.4 is 10.6 Å². The fraction of sp³-hybridized carbons (Fsp3) is 0.286. The van der Waals surface area contributed by atoms with Gasteiger partial charge >= 0.3 is 0 Å². The summed E-state index contributed by atoms with van der Waals surface area (Å²) >= 11 is 0.980. The molecule has 6 nitrogen and oxygen atoms in total. The lowest BCUT2D eigenvalue weighted by Crippen LogP contribution is -2.18. The summed E-state index contributed by atoms with van der Waals surface area (Å²) in [4.78, 5) is 23.7. The van der Waals surface area contributed by atoms with E-state index in [1.807, 2.05) is 26.8 Å². The molecule has 0 saturated heterocycles. The Labute approximate surface area is 126 Å². The fourth-order valence-corrected chi connectivity index (χ4v) is 1.98. The predicted molar refractivity (Wildman–Crippen MR) is 82.5 cm³/mol. The number of benzene rings is 1. The number of aromatic nitrogens is 2. The van der Waals surface area contributed by atoms with E-state index in [2.05, 4.69) is 19.4 Å². The number of hydrogen-bond donors (Lipinski definition) is 2. The lowest BCUT2D eigenvalue weighted by Gasteiger charge is -2.12. The Morgan fingerprint density at radius 1 is 1.24 bits per heavy atom. The number of nitrogens with one attached hydrogen (secondary N) is 2. The van der Waals surface area contributed by atoms with E-state index in [-0.39, 0.29) is 23.4 Å². The van der Waals surface area contributed by atoms with Crippen LogP contribution in [0, 0.1) is 12.8 Å². The minimum atomic E-state index is -0.320. The van der Waals surface area contributed by atoms with Crippen LogP contribution in [0.4, 0.5) is 11.4 Å². The van der Waals surface area contributed by atoms with Crippen molar-refractivity contribution in [1.29, 1.82) is 0 Å². The third kappa shape index (κ3) is 3.85. The van der Waals surface area contributed by atoms with Crippen LogP contribution in [0.1, 0.15) is 29.9 Å². The van der Waals surface area contributed by atoms with Crippen LogP contribution in [0.2, 0.25) is 0 Å². The highest BCUT2D eigenvalue weighted by atomic mass is 32.1. The van der Waals surface area contributed by atoms with Crippen LogP contribution >= 0.6 is 11.7 Å². The summed E-state index contributed by atoms with van der Waals surface area (Å²) in [5.74, 6) is -0.496. The van der Waals surface area contributed by atoms with Gasteiger partial charge in [0.15, 0.2) is 5.69 Å². The standard InChI is InChI=1S/C14H16N4O2S/c1-8(2)13(19)16-10-5-4-9(3)11(6-10)17-14(20)12-7-15-21-18-12/h4-8H,1-3H3,(H,16,19)(H,17,20). The van der Waals surface area contributed by atoms with Crippen molar-refractivity contribution in [3.63, 3.8) is 0 Å². The van der Waals surface area contributed by atoms with Gasteiger partial charge in [-0.25, -0.2) is 0 Å². The third-order valence-electron chi connectivity index (χ3n) is 2.87. The molecule has 0 bridgehead atoms. The number of hydrogen-bond acceptors (Lipinski definition) is 5. The molecule has 0 aliphatic carbocycles. The van der Waals surface area contributed by atoms with Crippen molar-refractivity contribution in [2.75, 3.05) is 10.6 Å². The van der Waals surface area contributed by atoms with E-state index >= 15 is 0 Å². The van der Waals surface area contributed by atoms with Crippen LogP contribution in [-0.2, 0) is 4.79 Å². The molecule has 0 saturated carbocycles. The molecular formula is C14H16N4O2S. The average Bonchev–Trinajstić information content (AvgIpc) is 2.96. The third-order valence-corrected chi connectivity index (χ3v) is 3.35. The molecule has 1 aromatic carbocycles. The first-order valence-electron chi connectivity index (χ1n) is 6.48. The summed E-state index contributed by atoms with van der Waals surface area (Å²) in [6, 6.07) is 5.37. The van der Waals surface area contributed by atoms with Gasteiger partial charge in [0.05, 0.1) is 17.9 Å². The summed E-state index contributed by atoms with van der Waals surface area (Å²) in [6.07, 6.45) is 1.42. The zero-order valence-electron chi connectivity index (χ0n) is 12.0. The Balaban J connectivity index is 2.16. The lowest BCUT2D eigenvalue weighted by atomic mass is 10.1. The van der Waals surface area contributed by atoms with Gasteiger partial charge in [0, 0.05) is 17.3 Å². The molecule has 0 aliphatic heterocycles. The zero-order chi connectivity index (χ0) is 15.4. The summed E-state index contributed by atoms with van der Waals surface area (Å²) in [6.45, 7) is 5.52. The monoisotopic (exact) mass is 304 g/mol. The number of rotatable bonds is 4. The summed E-state index contributed by atoms with van der Waals surface area (Å²) in [5.41, 5.74) is 2.45. The second-order valence-electron chi connectivity index (χ2n) is 4.92. The maximum Gasteiger partial charge on any atom is 0.277 e. The van der Waals surface area contributed by atoms with Gasteiger partial charge in [-0.2, -0.15) is 8.75 Å². The zero-order valence-corrected chi connectivity index (χ0v) is 12.8. The number of carbonyl (C=O) groups excluding carboxylic acids is 2. The van der Waals surface area contributed by atoms with Gasteiger partial charge in [-0.05, 0) is 24.6 Å². The number of carbonyl (C=O) groups is 2. The predicted octanol–water partition coefficient (Wildman–Crippen LogP) is 2.69. The quantitative estimate of drug-likeness (QED) is 0.909. The van der Waals surface area contributed by atoms with Gasteiger partial charge in [-0.1, -0.05) is 19.9 Å². The average molecular weight is 304 g/mol. The van der Waals surface area contributed by atoms with Crippen molar-refractivity contribution in [3.8, 4) is 0 Å². The molecular weight excluding hydrogens is 288 g/mol. The van der Waals surface area contributed by atoms with E-state index in [9.17, 15) is 9.59 Å². The first-order chi connectivity index (χ1) is 9.97. The molecule has 0 spiro atoms. The molecule has 21 heavy (non-hydrogen) atoms. The highest BCUT2D eigenvalue weighted by Crippen LogP contribution is 2.21. The van der Waals surface area contributed by atoms with E-state index in [1.165, 1.54) is 6.20 Å². The fourth-order valence-electron chi connectivity index (χ4n) is 1.57. The van der Waals surface area contributed by atoms with E-state index in [4.69, 9.17) is 0 Å². The molecule has 2 aromatic rings. The van der Waals surface area contributed by atoms with Crippen molar-refractivity contribution in [1.82, 2.24) is 8.75 Å². The smallest absolute Gasteiger partial charge is 0.277 e. The van der Waals surface area contributed by atoms with Crippen LogP contribution in [0.3, 0.4) is 0 Å². The Morgan fingerprint density at radius 2 is 2.00 bits per heavy atom. The molecule has 1 heterocycles. The minimum absolute atomic E-state index is 0.0696. The van der Waals surface area contributed by atoms with E-state index in [0.29, 0.717) is 11.4 Å². The van der Waals surface area contributed by atoms with E-state index in [1.54, 1.807) is 12.1 Å². The first kappa shape index (κ1) is 15.1. The highest BCUT2D eigenvalue weighted by Gasteiger charge is 2.12. The molecule has 2 amide bonds. The number of nitrogens with zero attached hydrogens (tertiary/aromatic N) is 2. The lowest BCUT2D eigenvalue weighted by molar-refractivity contribution is -0.118. The van der Waals surface area contributed by atoms with Crippen LogP contribution in [-0.4, -0.2) is 20.6 Å². The van der Waals surface area contributed by atoms with Crippen LogP contribution in [0.25, 0.3) is 0 Å². The largest absolute Gasteiger partial charge is 0.326 e. The van der Waals surface area contributed by atoms with Crippen molar-refractivity contribution in [3.05, 3.63) is 35.7 Å². The Morgan fingerprint density at radius 3 is 2.62 bits per heavy atom. The van der Waals surface area contributed by atoms with Crippen molar-refractivity contribution in [2.24, 2.45) is 5.92 Å². The topological polar surface area (TPSA) is 84.0 Å². The van der Waals surface area contributed by atoms with Crippen molar-refractivity contribution in [2.45, 2.75) is 20.8 Å². The van der Waals surface area contributed by atoms with E-state index < -0.39 is 0 Å². The molecule has 2 N–H and O–H groups in total. The Hall–Kier alpha value is -2.28. The van der Waals surface area contributed by atoms with Gasteiger partial charge < -0.3 is 10.6 Å². The summed E-state index contributed by atoms with van der Waals surface area (Å²) in [5, 5.41) is 5.57. The highest BCUT2D eigenvalue weighted by molar-refractivity contribution is 6.99. The summed E-state index contributed by atoms with van der Waals surface area (Å²) < 4.78 is 7.68. The van der Waals surface area contributed by atoms with Crippen molar-refractivity contribution >= 4 is 34.9 Å². The molecule has 0 aliphatic rings. The number of amides is 2. The second kappa shape index (κ2) is 6.45. The molecule has 1 aromatic heterocycles. The second-order valence-corrected chi connectivity index (χ2v) is 5.48. The number of anilines is 2. The molecule has 110 valence electrons. The molecule has 0 atom stereocenters. The van der Waals surface area contributed by atoms with Gasteiger partial charge in [0.2, 0.25) is 5.91 Å². The molecule has 2 rings (SSSR count). The first-order valence-corrected chi connectivity index (χ1v) is 7.21. The van der Waals surface area contributed by atoms with Gasteiger partial charge in [0.1, 0.15) is 0 Å². The molecule has 0 radical (unpaired) electrons. The molecule has 0 unspecified atom stereocenters. The van der Waals surface area contributed by atoms with Gasteiger partial charge in [-0.3, -0.25) is 9.59 Å². The van der Waals surface area contributed by atoms with Gasteiger partial charge in [-0.15, -0.1) is 0 Å². The van der Waals surface area contributed by atoms with E-state index in [0.717, 1.165) is 17.3 Å². The minimum Gasteiger partial charge on any atom is -0.326 e. The van der Waals surface area contributed by atoms with Gasteiger partial charge in [0.25, 0.3) is 5.91 Å². The SMILES string of the molecule is Cc1ccc(NC(=O)C(C)C)cc1NC(=O)c1cnsn1. The Kier molecular flexibility index (Phi) is 4.64. The maximum absolute atomic E-state index is 12.0. The molecule has 7 heteroatoms. The summed E-state index contributed by atoms with van der Waals surface area (Å²) in [7, 11) is 0. The van der Waals surface area contributed by atoms with Crippen LogP contribution in [0.5, 0.6) is 0 Å². The Bertz CT molecular complexity index is 653.